The van der Waals surface area contributed by atoms with Crippen molar-refractivity contribution in [3.8, 4) is 6.07 Å². The first-order valence-electron chi connectivity index (χ1n) is 3.34. The summed E-state index contributed by atoms with van der Waals surface area (Å²) in [5, 5.41) is 8.37. The van der Waals surface area contributed by atoms with Gasteiger partial charge in [0.25, 0.3) is 0 Å². The molecule has 13 heavy (non-hydrogen) atoms. The van der Waals surface area contributed by atoms with Gasteiger partial charge in [-0.25, -0.2) is 0 Å². The van der Waals surface area contributed by atoms with Gasteiger partial charge in [0.1, 0.15) is 0 Å². The summed E-state index contributed by atoms with van der Waals surface area (Å²) in [4.78, 5) is 0. The van der Waals surface area contributed by atoms with Crippen LogP contribution in [-0.2, 0) is 0 Å². The van der Waals surface area contributed by atoms with E-state index in [-0.39, 0.29) is 5.02 Å². The lowest BCUT2D eigenvalue weighted by atomic mass is 9.77. The van der Waals surface area contributed by atoms with Crippen LogP contribution in [-0.4, -0.2) is 6.98 Å². The van der Waals surface area contributed by atoms with Crippen molar-refractivity contribution in [2.45, 2.75) is 0 Å². The predicted octanol–water partition coefficient (Wildman–Crippen LogP) is 2.27. The molecule has 0 radical (unpaired) electrons. The number of hydrogen-bond acceptors (Lipinski definition) is 1. The van der Waals surface area contributed by atoms with E-state index in [1.165, 1.54) is 12.1 Å². The second-order valence-corrected chi connectivity index (χ2v) is 2.85. The van der Waals surface area contributed by atoms with E-state index in [1.807, 2.05) is 0 Å². The highest BCUT2D eigenvalue weighted by atomic mass is 35.5. The monoisotopic (exact) mass is 204 g/mol. The Hall–Kier alpha value is -1.15. The van der Waals surface area contributed by atoms with Crippen LogP contribution in [0.2, 0.25) is 5.02 Å². The minimum Gasteiger partial charge on any atom is -0.445 e. The van der Waals surface area contributed by atoms with Gasteiger partial charge in [0.15, 0.2) is 0 Å². The zero-order chi connectivity index (χ0) is 10.1. The highest BCUT2D eigenvalue weighted by Gasteiger charge is 2.28. The Kier molecular flexibility index (Phi) is 2.53. The number of nitriles is 1. The normalized spacial score (nSPS) is 11.0. The standard InChI is InChI=1S/C7H3BClF3N/c9-6-2-1-5(4-13)7(3-6)8(10,11)12/h1-3H/q-1. The van der Waals surface area contributed by atoms with Crippen molar-refractivity contribution in [2.24, 2.45) is 0 Å². The second-order valence-electron chi connectivity index (χ2n) is 2.42. The molecule has 0 aromatic heterocycles. The van der Waals surface area contributed by atoms with Gasteiger partial charge in [-0.1, -0.05) is 23.1 Å². The minimum absolute atomic E-state index is 0.0202. The predicted molar refractivity (Wildman–Crippen MR) is 44.9 cm³/mol. The molecule has 0 spiro atoms. The molecule has 0 saturated heterocycles. The van der Waals surface area contributed by atoms with Gasteiger partial charge >= 0.3 is 6.98 Å². The Morgan fingerprint density at radius 1 is 1.31 bits per heavy atom. The molecule has 6 heteroatoms. The molecule has 0 N–H and O–H groups in total. The van der Waals surface area contributed by atoms with E-state index in [0.29, 0.717) is 0 Å². The maximum absolute atomic E-state index is 12.3. The fraction of sp³-hybridized carbons (Fsp3) is 0. The lowest BCUT2D eigenvalue weighted by Gasteiger charge is -2.16. The summed E-state index contributed by atoms with van der Waals surface area (Å²) in [6.45, 7) is -5.16. The van der Waals surface area contributed by atoms with Crippen molar-refractivity contribution in [3.05, 3.63) is 28.8 Å². The first kappa shape index (κ1) is 9.94. The SMILES string of the molecule is N#Cc1ccc(Cl)cc1[B-](F)(F)F. The van der Waals surface area contributed by atoms with Crippen molar-refractivity contribution in [1.29, 1.82) is 5.26 Å². The van der Waals surface area contributed by atoms with Gasteiger partial charge in [-0.3, -0.25) is 0 Å². The molecule has 0 amide bonds. The van der Waals surface area contributed by atoms with Gasteiger partial charge < -0.3 is 12.9 Å². The number of rotatable bonds is 1. The van der Waals surface area contributed by atoms with Crippen LogP contribution < -0.4 is 5.46 Å². The van der Waals surface area contributed by atoms with Crippen molar-refractivity contribution in [1.82, 2.24) is 0 Å². The number of benzene rings is 1. The average molecular weight is 204 g/mol. The lowest BCUT2D eigenvalue weighted by Crippen LogP contribution is -2.36. The maximum atomic E-state index is 12.3. The number of hydrogen-bond donors (Lipinski definition) is 0. The Morgan fingerprint density at radius 3 is 2.38 bits per heavy atom. The molecular weight excluding hydrogens is 201 g/mol. The summed E-state index contributed by atoms with van der Waals surface area (Å²) in [7, 11) is 0. The molecule has 1 aromatic rings. The van der Waals surface area contributed by atoms with Gasteiger partial charge in [0.2, 0.25) is 0 Å². The Bertz CT molecular complexity index is 369. The highest BCUT2D eigenvalue weighted by Crippen LogP contribution is 2.15. The quantitative estimate of drug-likeness (QED) is 0.644. The molecule has 1 aromatic carbocycles. The molecule has 0 fully saturated rings. The summed E-state index contributed by atoms with van der Waals surface area (Å²) in [6.07, 6.45) is 0. The van der Waals surface area contributed by atoms with Gasteiger partial charge in [-0.05, 0) is 12.1 Å². The van der Waals surface area contributed by atoms with Crippen molar-refractivity contribution in [3.63, 3.8) is 0 Å². The lowest BCUT2D eigenvalue weighted by molar-refractivity contribution is 0.501. The summed E-state index contributed by atoms with van der Waals surface area (Å²) < 4.78 is 36.8. The molecule has 0 saturated carbocycles. The van der Waals surface area contributed by atoms with Crippen LogP contribution in [0.3, 0.4) is 0 Å². The third-order valence-electron chi connectivity index (χ3n) is 1.49. The third kappa shape index (κ3) is 2.16. The van der Waals surface area contributed by atoms with Gasteiger partial charge in [0, 0.05) is 10.6 Å². The fourth-order valence-corrected chi connectivity index (χ4v) is 1.09. The van der Waals surface area contributed by atoms with Crippen LogP contribution in [0.5, 0.6) is 0 Å². The fourth-order valence-electron chi connectivity index (χ4n) is 0.906. The largest absolute Gasteiger partial charge is 0.510 e. The second kappa shape index (κ2) is 3.31. The molecular formula is C7H3BClF3N-. The molecule has 0 unspecified atom stereocenters. The summed E-state index contributed by atoms with van der Waals surface area (Å²) in [5.74, 6) is 0. The number of nitrogens with zero attached hydrogens (tertiary/aromatic N) is 1. The Balaban J connectivity index is 3.35. The van der Waals surface area contributed by atoms with Crippen LogP contribution in [0.25, 0.3) is 0 Å². The molecule has 0 atom stereocenters. The van der Waals surface area contributed by atoms with E-state index >= 15 is 0 Å². The van der Waals surface area contributed by atoms with Crippen LogP contribution in [0.15, 0.2) is 18.2 Å². The van der Waals surface area contributed by atoms with E-state index in [2.05, 4.69) is 0 Å². The summed E-state index contributed by atoms with van der Waals surface area (Å²) >= 11 is 5.38. The first-order chi connectivity index (χ1) is 5.95. The van der Waals surface area contributed by atoms with E-state index in [1.54, 1.807) is 0 Å². The summed E-state index contributed by atoms with van der Waals surface area (Å²) in [6, 6.07) is 4.55. The van der Waals surface area contributed by atoms with Gasteiger partial charge in [0.05, 0.1) is 6.07 Å². The van der Waals surface area contributed by atoms with E-state index < -0.39 is 18.0 Å². The number of halogens is 4. The minimum atomic E-state index is -5.16. The molecule has 68 valence electrons. The van der Waals surface area contributed by atoms with Crippen LogP contribution >= 0.6 is 11.6 Å². The smallest absolute Gasteiger partial charge is 0.445 e. The Labute approximate surface area is 77.8 Å². The topological polar surface area (TPSA) is 23.8 Å². The zero-order valence-corrected chi connectivity index (χ0v) is 7.02. The molecule has 1 nitrogen and oxygen atoms in total. The average Bonchev–Trinajstić information content (AvgIpc) is 2.03. The molecule has 0 aliphatic heterocycles. The zero-order valence-electron chi connectivity index (χ0n) is 6.27. The highest BCUT2D eigenvalue weighted by molar-refractivity contribution is 6.74. The third-order valence-corrected chi connectivity index (χ3v) is 1.72. The maximum Gasteiger partial charge on any atom is 0.510 e. The molecule has 0 bridgehead atoms. The molecule has 0 aliphatic carbocycles. The van der Waals surface area contributed by atoms with Crippen LogP contribution in [0.1, 0.15) is 5.56 Å². The Morgan fingerprint density at radius 2 is 1.92 bits per heavy atom. The van der Waals surface area contributed by atoms with E-state index in [4.69, 9.17) is 16.9 Å². The van der Waals surface area contributed by atoms with E-state index in [9.17, 15) is 12.9 Å². The van der Waals surface area contributed by atoms with Crippen LogP contribution in [0.4, 0.5) is 12.9 Å². The van der Waals surface area contributed by atoms with Crippen LogP contribution in [0, 0.1) is 11.3 Å². The van der Waals surface area contributed by atoms with Gasteiger partial charge in [-0.15, -0.1) is 0 Å². The van der Waals surface area contributed by atoms with Crippen molar-refractivity contribution >= 4 is 24.0 Å². The molecule has 0 heterocycles. The van der Waals surface area contributed by atoms with E-state index in [0.717, 1.165) is 12.1 Å². The van der Waals surface area contributed by atoms with Gasteiger partial charge in [-0.2, -0.15) is 5.26 Å². The van der Waals surface area contributed by atoms with Crippen molar-refractivity contribution < 1.29 is 12.9 Å². The van der Waals surface area contributed by atoms with Crippen molar-refractivity contribution in [2.75, 3.05) is 0 Å². The molecule has 0 aliphatic rings. The first-order valence-corrected chi connectivity index (χ1v) is 3.72. The summed E-state index contributed by atoms with van der Waals surface area (Å²) in [5.41, 5.74) is -1.33. The molecule has 1 rings (SSSR count).